The normalized spacial score (nSPS) is 20.3. The van der Waals surface area contributed by atoms with Crippen LogP contribution in [-0.4, -0.2) is 56.1 Å². The Labute approximate surface area is 138 Å². The second-order valence-electron chi connectivity index (χ2n) is 6.07. The molecule has 0 bridgehead atoms. The molecule has 9 heteroatoms. The molecule has 1 aromatic heterocycles. The fourth-order valence-electron chi connectivity index (χ4n) is 3.28. The Balaban J connectivity index is 1.74. The van der Waals surface area contributed by atoms with Crippen molar-refractivity contribution in [1.82, 2.24) is 19.9 Å². The van der Waals surface area contributed by atoms with Crippen molar-refractivity contribution < 1.29 is 19.5 Å². The summed E-state index contributed by atoms with van der Waals surface area (Å²) in [4.78, 5) is 41.2. The number of nitrogens with one attached hydrogen (secondary N) is 1. The summed E-state index contributed by atoms with van der Waals surface area (Å²) in [5, 5.41) is 13.6. The summed E-state index contributed by atoms with van der Waals surface area (Å²) in [5.74, 6) is -0.725. The molecule has 0 saturated carbocycles. The number of aromatic nitrogens is 2. The summed E-state index contributed by atoms with van der Waals surface area (Å²) in [7, 11) is 0. The summed E-state index contributed by atoms with van der Waals surface area (Å²) in [6.07, 6.45) is 4.39. The van der Waals surface area contributed by atoms with Gasteiger partial charge < -0.3 is 14.6 Å². The van der Waals surface area contributed by atoms with E-state index in [0.29, 0.717) is 43.9 Å². The Morgan fingerprint density at radius 1 is 1.29 bits per heavy atom. The lowest BCUT2D eigenvalue weighted by atomic mass is 9.86. The highest BCUT2D eigenvalue weighted by Crippen LogP contribution is 2.32. The monoisotopic (exact) mass is 333 g/mol. The molecule has 2 amide bonds. The minimum absolute atomic E-state index is 0.203. The van der Waals surface area contributed by atoms with Gasteiger partial charge in [0.15, 0.2) is 0 Å². The van der Waals surface area contributed by atoms with E-state index in [9.17, 15) is 19.5 Å². The van der Waals surface area contributed by atoms with Gasteiger partial charge >= 0.3 is 5.97 Å². The molecule has 2 aliphatic rings. The maximum Gasteiger partial charge on any atom is 0.330 e. The van der Waals surface area contributed by atoms with E-state index in [1.54, 1.807) is 28.8 Å². The number of imidazole rings is 1. The second kappa shape index (κ2) is 6.06. The van der Waals surface area contributed by atoms with E-state index in [-0.39, 0.29) is 18.2 Å². The quantitative estimate of drug-likeness (QED) is 0.798. The first-order chi connectivity index (χ1) is 11.4. The number of carbonyl (C=O) groups excluding carboxylic acids is 2. The SMILES string of the molecule is Cc1nccn1C1(C(=O)O)CCN(C(=O)C2=NNC(=O)CC2)CC1. The van der Waals surface area contributed by atoms with Crippen LogP contribution in [0.2, 0.25) is 0 Å². The van der Waals surface area contributed by atoms with E-state index >= 15 is 0 Å². The van der Waals surface area contributed by atoms with Crippen molar-refractivity contribution in [3.8, 4) is 0 Å². The molecule has 0 radical (unpaired) electrons. The van der Waals surface area contributed by atoms with Crippen LogP contribution in [0.4, 0.5) is 0 Å². The van der Waals surface area contributed by atoms with Gasteiger partial charge in [-0.3, -0.25) is 9.59 Å². The number of carboxylic acids is 1. The molecule has 0 aromatic carbocycles. The van der Waals surface area contributed by atoms with Gasteiger partial charge in [0.1, 0.15) is 17.1 Å². The van der Waals surface area contributed by atoms with Crippen molar-refractivity contribution in [2.45, 2.75) is 38.1 Å². The minimum atomic E-state index is -1.08. The van der Waals surface area contributed by atoms with Gasteiger partial charge in [-0.1, -0.05) is 0 Å². The van der Waals surface area contributed by atoms with Gasteiger partial charge in [-0.2, -0.15) is 5.10 Å². The van der Waals surface area contributed by atoms with Crippen molar-refractivity contribution in [2.75, 3.05) is 13.1 Å². The molecule has 1 aromatic rings. The number of aliphatic carboxylic acids is 1. The van der Waals surface area contributed by atoms with Crippen molar-refractivity contribution in [2.24, 2.45) is 5.10 Å². The smallest absolute Gasteiger partial charge is 0.330 e. The fraction of sp³-hybridized carbons (Fsp3) is 0.533. The van der Waals surface area contributed by atoms with Crippen LogP contribution in [0.1, 0.15) is 31.5 Å². The molecule has 3 heterocycles. The van der Waals surface area contributed by atoms with Gasteiger partial charge in [-0.25, -0.2) is 15.2 Å². The Bertz CT molecular complexity index is 715. The molecular weight excluding hydrogens is 314 g/mol. The first-order valence-electron chi connectivity index (χ1n) is 7.82. The number of nitrogens with zero attached hydrogens (tertiary/aromatic N) is 4. The molecule has 128 valence electrons. The van der Waals surface area contributed by atoms with E-state index in [1.165, 1.54) is 0 Å². The van der Waals surface area contributed by atoms with Crippen LogP contribution < -0.4 is 5.43 Å². The zero-order chi connectivity index (χ0) is 17.3. The predicted octanol–water partition coefficient (Wildman–Crippen LogP) is -0.140. The predicted molar refractivity (Wildman–Crippen MR) is 83.2 cm³/mol. The number of carbonyl (C=O) groups is 3. The molecular formula is C15H19N5O4. The maximum absolute atomic E-state index is 12.5. The number of hydrogen-bond acceptors (Lipinski definition) is 5. The Kier molecular flexibility index (Phi) is 4.08. The number of hydrogen-bond donors (Lipinski definition) is 2. The third kappa shape index (κ3) is 2.66. The number of carboxylic acid groups (broad SMARTS) is 1. The molecule has 0 aliphatic carbocycles. The minimum Gasteiger partial charge on any atom is -0.479 e. The van der Waals surface area contributed by atoms with Crippen molar-refractivity contribution in [3.63, 3.8) is 0 Å². The van der Waals surface area contributed by atoms with E-state index in [1.807, 2.05) is 0 Å². The number of amides is 2. The van der Waals surface area contributed by atoms with Gasteiger partial charge in [0, 0.05) is 38.3 Å². The van der Waals surface area contributed by atoms with Crippen molar-refractivity contribution in [3.05, 3.63) is 18.2 Å². The summed E-state index contributed by atoms with van der Waals surface area (Å²) in [6.45, 7) is 2.40. The Hall–Kier alpha value is -2.71. The average Bonchev–Trinajstić information content (AvgIpc) is 3.01. The van der Waals surface area contributed by atoms with Gasteiger partial charge in [0.25, 0.3) is 5.91 Å². The molecule has 0 unspecified atom stereocenters. The van der Waals surface area contributed by atoms with Gasteiger partial charge in [0.2, 0.25) is 5.91 Å². The van der Waals surface area contributed by atoms with E-state index < -0.39 is 11.5 Å². The molecule has 2 N–H and O–H groups in total. The van der Waals surface area contributed by atoms with Gasteiger partial charge in [-0.15, -0.1) is 0 Å². The molecule has 9 nitrogen and oxygen atoms in total. The summed E-state index contributed by atoms with van der Waals surface area (Å²) >= 11 is 0. The van der Waals surface area contributed by atoms with Gasteiger partial charge in [0.05, 0.1) is 0 Å². The van der Waals surface area contributed by atoms with Crippen LogP contribution >= 0.6 is 0 Å². The number of piperidine rings is 1. The Morgan fingerprint density at radius 3 is 2.50 bits per heavy atom. The van der Waals surface area contributed by atoms with Crippen LogP contribution in [-0.2, 0) is 19.9 Å². The number of rotatable bonds is 3. The molecule has 1 fully saturated rings. The largest absolute Gasteiger partial charge is 0.479 e. The zero-order valence-corrected chi connectivity index (χ0v) is 13.4. The van der Waals surface area contributed by atoms with E-state index in [4.69, 9.17) is 0 Å². The van der Waals surface area contributed by atoms with Crippen LogP contribution in [0.3, 0.4) is 0 Å². The van der Waals surface area contributed by atoms with Crippen molar-refractivity contribution in [1.29, 1.82) is 0 Å². The van der Waals surface area contributed by atoms with Crippen LogP contribution in [0.25, 0.3) is 0 Å². The van der Waals surface area contributed by atoms with Crippen LogP contribution in [0.5, 0.6) is 0 Å². The Morgan fingerprint density at radius 2 is 2.00 bits per heavy atom. The summed E-state index contributed by atoms with van der Waals surface area (Å²) in [6, 6.07) is 0. The first kappa shape index (κ1) is 16.2. The molecule has 3 rings (SSSR count). The number of hydrazone groups is 1. The van der Waals surface area contributed by atoms with Crippen LogP contribution in [0, 0.1) is 6.92 Å². The topological polar surface area (TPSA) is 117 Å². The van der Waals surface area contributed by atoms with Gasteiger partial charge in [-0.05, 0) is 19.8 Å². The third-order valence-corrected chi connectivity index (χ3v) is 4.71. The van der Waals surface area contributed by atoms with E-state index in [0.717, 1.165) is 0 Å². The lowest BCUT2D eigenvalue weighted by Crippen LogP contribution is -2.53. The summed E-state index contributed by atoms with van der Waals surface area (Å²) in [5.41, 5.74) is 1.54. The first-order valence-corrected chi connectivity index (χ1v) is 7.82. The standard InChI is InChI=1S/C15H19N5O4/c1-10-16-6-9-20(10)15(14(23)24)4-7-19(8-5-15)13(22)11-2-3-12(21)18-17-11/h6,9H,2-5,7-8H2,1H3,(H,18,21)(H,23,24). The molecule has 1 saturated heterocycles. The summed E-state index contributed by atoms with van der Waals surface area (Å²) < 4.78 is 1.68. The second-order valence-corrected chi connectivity index (χ2v) is 6.07. The lowest BCUT2D eigenvalue weighted by molar-refractivity contribution is -0.152. The maximum atomic E-state index is 12.5. The molecule has 0 spiro atoms. The molecule has 0 atom stereocenters. The highest BCUT2D eigenvalue weighted by molar-refractivity contribution is 6.39. The average molecular weight is 333 g/mol. The highest BCUT2D eigenvalue weighted by atomic mass is 16.4. The number of aryl methyl sites for hydroxylation is 1. The van der Waals surface area contributed by atoms with Crippen molar-refractivity contribution >= 4 is 23.5 Å². The zero-order valence-electron chi connectivity index (χ0n) is 13.4. The molecule has 24 heavy (non-hydrogen) atoms. The van der Waals surface area contributed by atoms with E-state index in [2.05, 4.69) is 15.5 Å². The highest BCUT2D eigenvalue weighted by Gasteiger charge is 2.45. The third-order valence-electron chi connectivity index (χ3n) is 4.71. The van der Waals surface area contributed by atoms with Crippen LogP contribution in [0.15, 0.2) is 17.5 Å². The molecule has 2 aliphatic heterocycles. The fourth-order valence-corrected chi connectivity index (χ4v) is 3.28. The lowest BCUT2D eigenvalue weighted by Gasteiger charge is -2.40. The number of likely N-dealkylation sites (tertiary alicyclic amines) is 1.